The Balaban J connectivity index is 1.84. The second kappa shape index (κ2) is 6.11. The summed E-state index contributed by atoms with van der Waals surface area (Å²) in [6.45, 7) is 0. The van der Waals surface area contributed by atoms with Gasteiger partial charge in [-0.1, -0.05) is 97.1 Å². The summed E-state index contributed by atoms with van der Waals surface area (Å²) in [6.07, 6.45) is 6.10. The van der Waals surface area contributed by atoms with Crippen LogP contribution in [-0.2, 0) is 4.57 Å². The zero-order chi connectivity index (χ0) is 16.4. The molecule has 1 atom stereocenters. The third-order valence-electron chi connectivity index (χ3n) is 4.31. The first-order valence-corrected chi connectivity index (χ1v) is 9.70. The number of fused-ring (bicyclic) bond motifs is 1. The molecule has 0 amide bonds. The fraction of sp³-hybridized carbons (Fsp3) is 0. The molecule has 1 nitrogen and oxygen atoms in total. The van der Waals surface area contributed by atoms with Gasteiger partial charge in [0.25, 0.3) is 0 Å². The molecular weight excluding hydrogens is 311 g/mol. The van der Waals surface area contributed by atoms with E-state index in [9.17, 15) is 4.57 Å². The van der Waals surface area contributed by atoms with Crippen LogP contribution in [0.4, 0.5) is 0 Å². The molecule has 4 rings (SSSR count). The lowest BCUT2D eigenvalue weighted by atomic mass is 10.2. The lowest BCUT2D eigenvalue weighted by Gasteiger charge is -2.16. The molecule has 3 aromatic carbocycles. The molecule has 3 aromatic rings. The smallest absolute Gasteiger partial charge is 0.171 e. The first-order chi connectivity index (χ1) is 11.8. The van der Waals surface area contributed by atoms with E-state index < -0.39 is 7.14 Å². The van der Waals surface area contributed by atoms with Gasteiger partial charge >= 0.3 is 0 Å². The van der Waals surface area contributed by atoms with Gasteiger partial charge in [0.15, 0.2) is 7.14 Å². The Morgan fingerprint density at radius 2 is 1.29 bits per heavy atom. The summed E-state index contributed by atoms with van der Waals surface area (Å²) in [6, 6.07) is 27.9. The van der Waals surface area contributed by atoms with Crippen LogP contribution in [0.3, 0.4) is 0 Å². The highest BCUT2D eigenvalue weighted by atomic mass is 31.2. The average molecular weight is 328 g/mol. The summed E-state index contributed by atoms with van der Waals surface area (Å²) >= 11 is 0. The van der Waals surface area contributed by atoms with Crippen molar-refractivity contribution in [3.05, 3.63) is 107 Å². The minimum absolute atomic E-state index is 0.888. The third kappa shape index (κ3) is 2.48. The van der Waals surface area contributed by atoms with Gasteiger partial charge in [-0.3, -0.25) is 0 Å². The van der Waals surface area contributed by atoms with E-state index in [1.54, 1.807) is 0 Å². The molecule has 0 bridgehead atoms. The Kier molecular flexibility index (Phi) is 3.80. The van der Waals surface area contributed by atoms with Gasteiger partial charge in [-0.2, -0.15) is 0 Å². The predicted octanol–water partition coefficient (Wildman–Crippen LogP) is 5.07. The molecule has 1 heterocycles. The minimum Gasteiger partial charge on any atom is -0.309 e. The van der Waals surface area contributed by atoms with Crippen LogP contribution in [0.2, 0.25) is 0 Å². The van der Waals surface area contributed by atoms with Crippen molar-refractivity contribution in [2.24, 2.45) is 0 Å². The van der Waals surface area contributed by atoms with E-state index in [2.05, 4.69) is 6.08 Å². The van der Waals surface area contributed by atoms with Crippen LogP contribution in [0.5, 0.6) is 0 Å². The maximum Gasteiger partial charge on any atom is 0.171 e. The lowest BCUT2D eigenvalue weighted by molar-refractivity contribution is 0.591. The van der Waals surface area contributed by atoms with Crippen LogP contribution in [0.15, 0.2) is 96.3 Å². The van der Waals surface area contributed by atoms with Crippen molar-refractivity contribution >= 4 is 29.9 Å². The molecule has 0 fully saturated rings. The molecule has 0 saturated carbocycles. The van der Waals surface area contributed by atoms with Gasteiger partial charge in [-0.25, -0.2) is 0 Å². The summed E-state index contributed by atoms with van der Waals surface area (Å²) in [7, 11) is -2.79. The van der Waals surface area contributed by atoms with Crippen LogP contribution in [0.1, 0.15) is 11.1 Å². The molecule has 1 aliphatic rings. The Bertz CT molecular complexity index is 969. The van der Waals surface area contributed by atoms with Crippen LogP contribution in [0, 0.1) is 0 Å². The Labute approximate surface area is 142 Å². The molecule has 0 N–H and O–H groups in total. The number of hydrogen-bond donors (Lipinski definition) is 0. The van der Waals surface area contributed by atoms with Crippen LogP contribution < -0.4 is 10.6 Å². The third-order valence-corrected chi connectivity index (χ3v) is 7.43. The number of hydrogen-bond acceptors (Lipinski definition) is 1. The first kappa shape index (κ1) is 14.9. The summed E-state index contributed by atoms with van der Waals surface area (Å²) < 4.78 is 14.1. The zero-order valence-corrected chi connectivity index (χ0v) is 14.1. The molecule has 0 spiro atoms. The van der Waals surface area contributed by atoms with Gasteiger partial charge in [0.2, 0.25) is 0 Å². The van der Waals surface area contributed by atoms with E-state index in [-0.39, 0.29) is 0 Å². The molecule has 1 aliphatic heterocycles. The molecule has 0 saturated heterocycles. The van der Waals surface area contributed by atoms with Crippen molar-refractivity contribution in [2.45, 2.75) is 0 Å². The molecule has 1 unspecified atom stereocenters. The van der Waals surface area contributed by atoms with Crippen LogP contribution in [0.25, 0.3) is 12.2 Å². The van der Waals surface area contributed by atoms with Crippen molar-refractivity contribution < 1.29 is 4.57 Å². The number of benzene rings is 3. The fourth-order valence-corrected chi connectivity index (χ4v) is 5.96. The van der Waals surface area contributed by atoms with Crippen molar-refractivity contribution in [3.63, 3.8) is 0 Å². The molecule has 0 aliphatic carbocycles. The Morgan fingerprint density at radius 1 is 0.667 bits per heavy atom. The summed E-state index contributed by atoms with van der Waals surface area (Å²) in [5.74, 6) is 0. The van der Waals surface area contributed by atoms with Crippen molar-refractivity contribution in [2.75, 3.05) is 0 Å². The highest BCUT2D eigenvalue weighted by Gasteiger charge is 2.36. The van der Waals surface area contributed by atoms with E-state index in [4.69, 9.17) is 0 Å². The maximum atomic E-state index is 14.1. The maximum absolute atomic E-state index is 14.1. The van der Waals surface area contributed by atoms with Crippen molar-refractivity contribution in [1.82, 2.24) is 0 Å². The predicted molar refractivity (Wildman–Crippen MR) is 103 cm³/mol. The molecule has 24 heavy (non-hydrogen) atoms. The van der Waals surface area contributed by atoms with Crippen LogP contribution >= 0.6 is 7.14 Å². The summed E-state index contributed by atoms with van der Waals surface area (Å²) in [5, 5.41) is 2.71. The van der Waals surface area contributed by atoms with Crippen molar-refractivity contribution in [3.8, 4) is 0 Å². The first-order valence-electron chi connectivity index (χ1n) is 7.99. The molecular formula is C22H17OP. The van der Waals surface area contributed by atoms with E-state index in [0.29, 0.717) is 0 Å². The van der Waals surface area contributed by atoms with Gasteiger partial charge in [-0.15, -0.1) is 0 Å². The van der Waals surface area contributed by atoms with E-state index in [1.807, 2.05) is 97.1 Å². The minimum atomic E-state index is -2.79. The largest absolute Gasteiger partial charge is 0.309 e. The second-order valence-electron chi connectivity index (χ2n) is 5.82. The van der Waals surface area contributed by atoms with E-state index >= 15 is 0 Å². The highest BCUT2D eigenvalue weighted by Crippen LogP contribution is 2.57. The average Bonchev–Trinajstić information content (AvgIpc) is 2.95. The molecule has 116 valence electrons. The Hall–Kier alpha value is -2.63. The quantitative estimate of drug-likeness (QED) is 0.614. The van der Waals surface area contributed by atoms with Gasteiger partial charge in [0, 0.05) is 15.9 Å². The molecule has 2 heteroatoms. The molecule has 0 aromatic heterocycles. The van der Waals surface area contributed by atoms with Gasteiger partial charge < -0.3 is 4.57 Å². The van der Waals surface area contributed by atoms with Gasteiger partial charge in [-0.05, 0) is 17.2 Å². The lowest BCUT2D eigenvalue weighted by Crippen LogP contribution is -2.15. The number of allylic oxidation sites excluding steroid dienone is 2. The van der Waals surface area contributed by atoms with Crippen molar-refractivity contribution in [1.29, 1.82) is 0 Å². The van der Waals surface area contributed by atoms with Gasteiger partial charge in [0.05, 0.1) is 0 Å². The zero-order valence-electron chi connectivity index (χ0n) is 13.2. The molecule has 0 radical (unpaired) electrons. The second-order valence-corrected chi connectivity index (χ2v) is 8.55. The topological polar surface area (TPSA) is 17.1 Å². The standard InChI is InChI=1S/C22H17OP/c23-24(20-12-5-2-6-13-20)21(16-15-18-9-3-1-4-10-18)17-19-11-7-8-14-22(19)24/h1-17H/b16-15+. The number of rotatable bonds is 3. The van der Waals surface area contributed by atoms with Crippen LogP contribution in [-0.4, -0.2) is 0 Å². The summed E-state index contributed by atoms with van der Waals surface area (Å²) in [5.41, 5.74) is 2.16. The van der Waals surface area contributed by atoms with Gasteiger partial charge in [0.1, 0.15) is 0 Å². The van der Waals surface area contributed by atoms with E-state index in [0.717, 1.165) is 27.1 Å². The normalized spacial score (nSPS) is 19.2. The highest BCUT2D eigenvalue weighted by molar-refractivity contribution is 7.83. The monoisotopic (exact) mass is 328 g/mol. The SMILES string of the molecule is O=P1(c2ccccc2)C(/C=C/c2ccccc2)=Cc2ccccc21. The van der Waals surface area contributed by atoms with E-state index in [1.165, 1.54) is 0 Å². The summed E-state index contributed by atoms with van der Waals surface area (Å²) in [4.78, 5) is 0. The fourth-order valence-electron chi connectivity index (χ4n) is 3.11. The Morgan fingerprint density at radius 3 is 2.04 bits per heavy atom.